The molecule has 1 fully saturated rings. The molecule has 3 rings (SSSR count). The van der Waals surface area contributed by atoms with Crippen LogP contribution in [0.3, 0.4) is 0 Å². The molecule has 1 aromatic heterocycles. The van der Waals surface area contributed by atoms with Crippen molar-refractivity contribution >= 4 is 39.8 Å². The highest BCUT2D eigenvalue weighted by atomic mass is 35.5. The molecule has 2 aromatic rings. The average Bonchev–Trinajstić information content (AvgIpc) is 3.12. The molecule has 2 heterocycles. The Labute approximate surface area is 167 Å². The minimum atomic E-state index is -0.445. The first-order valence-corrected chi connectivity index (χ1v) is 9.96. The third-order valence-corrected chi connectivity index (χ3v) is 5.71. The lowest BCUT2D eigenvalue weighted by Gasteiger charge is -2.34. The molecule has 0 aliphatic carbocycles. The Balaban J connectivity index is 1.46. The van der Waals surface area contributed by atoms with Gasteiger partial charge in [-0.3, -0.25) is 14.6 Å². The van der Waals surface area contributed by atoms with E-state index < -0.39 is 5.97 Å². The Bertz CT molecular complexity index is 803. The summed E-state index contributed by atoms with van der Waals surface area (Å²) in [4.78, 5) is 28.5. The van der Waals surface area contributed by atoms with Crippen LogP contribution in [-0.2, 0) is 16.1 Å². The lowest BCUT2D eigenvalue weighted by molar-refractivity contribution is -0.117. The number of hydrogen-bond donors (Lipinski definition) is 1. The Morgan fingerprint density at radius 1 is 1.15 bits per heavy atom. The summed E-state index contributed by atoms with van der Waals surface area (Å²) in [6.45, 7) is 4.50. The van der Waals surface area contributed by atoms with Crippen LogP contribution in [0.5, 0.6) is 0 Å². The van der Waals surface area contributed by atoms with Crippen LogP contribution in [0.2, 0.25) is 5.02 Å². The summed E-state index contributed by atoms with van der Waals surface area (Å²) in [7, 11) is 1.33. The quantitative estimate of drug-likeness (QED) is 0.746. The molecule has 0 spiro atoms. The zero-order valence-corrected chi connectivity index (χ0v) is 16.7. The lowest BCUT2D eigenvalue weighted by atomic mass is 10.2. The van der Waals surface area contributed by atoms with Crippen LogP contribution in [0.15, 0.2) is 35.7 Å². The van der Waals surface area contributed by atoms with E-state index in [0.29, 0.717) is 17.1 Å². The van der Waals surface area contributed by atoms with Crippen molar-refractivity contribution in [3.05, 3.63) is 51.9 Å². The predicted molar refractivity (Wildman–Crippen MR) is 107 cm³/mol. The second-order valence-electron chi connectivity index (χ2n) is 6.35. The molecule has 1 aliphatic heterocycles. The molecule has 0 bridgehead atoms. The van der Waals surface area contributed by atoms with E-state index in [1.54, 1.807) is 11.4 Å². The van der Waals surface area contributed by atoms with Gasteiger partial charge < -0.3 is 10.1 Å². The molecule has 0 unspecified atom stereocenters. The maximum atomic E-state index is 12.3. The molecule has 1 saturated heterocycles. The van der Waals surface area contributed by atoms with Crippen LogP contribution in [0.1, 0.15) is 15.9 Å². The van der Waals surface area contributed by atoms with Crippen molar-refractivity contribution in [3.8, 4) is 0 Å². The number of methoxy groups -OCH3 is 1. The molecule has 144 valence electrons. The van der Waals surface area contributed by atoms with E-state index in [0.717, 1.165) is 43.3 Å². The van der Waals surface area contributed by atoms with Crippen molar-refractivity contribution in [2.45, 2.75) is 6.54 Å². The summed E-state index contributed by atoms with van der Waals surface area (Å²) in [6, 6.07) is 9.53. The minimum absolute atomic E-state index is 0.123. The third kappa shape index (κ3) is 5.29. The van der Waals surface area contributed by atoms with Crippen LogP contribution < -0.4 is 5.32 Å². The summed E-state index contributed by atoms with van der Waals surface area (Å²) in [5, 5.41) is 5.90. The smallest absolute Gasteiger partial charge is 0.340 e. The van der Waals surface area contributed by atoms with Gasteiger partial charge in [0.05, 0.1) is 19.2 Å². The molecular formula is C19H22ClN3O3S. The molecule has 1 N–H and O–H groups in total. The van der Waals surface area contributed by atoms with Crippen LogP contribution in [-0.4, -0.2) is 61.5 Å². The Kier molecular flexibility index (Phi) is 6.84. The lowest BCUT2D eigenvalue weighted by Crippen LogP contribution is -2.48. The van der Waals surface area contributed by atoms with Gasteiger partial charge in [-0.1, -0.05) is 29.8 Å². The number of halogens is 1. The Morgan fingerprint density at radius 3 is 2.56 bits per heavy atom. The van der Waals surface area contributed by atoms with E-state index in [2.05, 4.69) is 15.1 Å². The van der Waals surface area contributed by atoms with E-state index in [1.165, 1.54) is 18.4 Å². The second kappa shape index (κ2) is 9.32. The number of rotatable bonds is 6. The number of thiophene rings is 1. The monoisotopic (exact) mass is 407 g/mol. The van der Waals surface area contributed by atoms with Gasteiger partial charge in [-0.15, -0.1) is 11.3 Å². The zero-order valence-electron chi connectivity index (χ0n) is 15.1. The van der Waals surface area contributed by atoms with Gasteiger partial charge in [-0.2, -0.15) is 0 Å². The first kappa shape index (κ1) is 19.8. The summed E-state index contributed by atoms with van der Waals surface area (Å²) >= 11 is 7.55. The van der Waals surface area contributed by atoms with E-state index in [1.807, 2.05) is 24.3 Å². The number of anilines is 1. The number of benzene rings is 1. The van der Waals surface area contributed by atoms with E-state index in [-0.39, 0.29) is 5.91 Å². The number of amides is 1. The van der Waals surface area contributed by atoms with Gasteiger partial charge in [0.2, 0.25) is 5.91 Å². The number of carbonyl (C=O) groups excluding carboxylic acids is 2. The summed E-state index contributed by atoms with van der Waals surface area (Å²) < 4.78 is 4.73. The Hall–Kier alpha value is -1.93. The fourth-order valence-corrected chi connectivity index (χ4v) is 4.01. The van der Waals surface area contributed by atoms with Crippen molar-refractivity contribution in [2.24, 2.45) is 0 Å². The number of esters is 1. The van der Waals surface area contributed by atoms with Crippen LogP contribution in [0.25, 0.3) is 0 Å². The van der Waals surface area contributed by atoms with Gasteiger partial charge in [0.1, 0.15) is 5.00 Å². The van der Waals surface area contributed by atoms with Gasteiger partial charge in [0.25, 0.3) is 0 Å². The van der Waals surface area contributed by atoms with Crippen molar-refractivity contribution in [2.75, 3.05) is 45.2 Å². The normalized spacial score (nSPS) is 15.5. The molecule has 27 heavy (non-hydrogen) atoms. The van der Waals surface area contributed by atoms with Crippen LogP contribution >= 0.6 is 22.9 Å². The van der Waals surface area contributed by atoms with Crippen LogP contribution in [0, 0.1) is 0 Å². The predicted octanol–water partition coefficient (Wildman–Crippen LogP) is 2.94. The second-order valence-corrected chi connectivity index (χ2v) is 7.67. The molecule has 1 amide bonds. The number of carbonyl (C=O) groups is 2. The van der Waals surface area contributed by atoms with Gasteiger partial charge in [0, 0.05) is 37.7 Å². The fourth-order valence-electron chi connectivity index (χ4n) is 3.02. The van der Waals surface area contributed by atoms with Gasteiger partial charge >= 0.3 is 5.97 Å². The van der Waals surface area contributed by atoms with E-state index in [9.17, 15) is 9.59 Å². The number of nitrogens with zero attached hydrogens (tertiary/aromatic N) is 2. The average molecular weight is 408 g/mol. The number of piperazine rings is 1. The fraction of sp³-hybridized carbons (Fsp3) is 0.368. The van der Waals surface area contributed by atoms with Gasteiger partial charge in [-0.25, -0.2) is 4.79 Å². The van der Waals surface area contributed by atoms with Gasteiger partial charge in [0.15, 0.2) is 0 Å². The molecule has 1 aliphatic rings. The zero-order chi connectivity index (χ0) is 19.2. The van der Waals surface area contributed by atoms with Crippen molar-refractivity contribution in [1.82, 2.24) is 9.80 Å². The Morgan fingerprint density at radius 2 is 1.85 bits per heavy atom. The number of nitrogens with one attached hydrogen (secondary N) is 1. The highest BCUT2D eigenvalue weighted by molar-refractivity contribution is 7.14. The largest absolute Gasteiger partial charge is 0.465 e. The molecule has 0 atom stereocenters. The van der Waals surface area contributed by atoms with E-state index in [4.69, 9.17) is 16.3 Å². The molecule has 1 aromatic carbocycles. The molecular weight excluding hydrogens is 386 g/mol. The van der Waals surface area contributed by atoms with E-state index >= 15 is 0 Å². The van der Waals surface area contributed by atoms with Crippen molar-refractivity contribution in [3.63, 3.8) is 0 Å². The summed E-state index contributed by atoms with van der Waals surface area (Å²) in [5.41, 5.74) is 1.51. The van der Waals surface area contributed by atoms with Crippen molar-refractivity contribution in [1.29, 1.82) is 0 Å². The summed E-state index contributed by atoms with van der Waals surface area (Å²) in [5.74, 6) is -0.568. The molecule has 8 heteroatoms. The maximum Gasteiger partial charge on any atom is 0.340 e. The highest BCUT2D eigenvalue weighted by Gasteiger charge is 2.21. The molecule has 6 nitrogen and oxygen atoms in total. The third-order valence-electron chi connectivity index (χ3n) is 4.51. The topological polar surface area (TPSA) is 61.9 Å². The van der Waals surface area contributed by atoms with Crippen molar-refractivity contribution < 1.29 is 14.3 Å². The SMILES string of the molecule is COC(=O)c1ccsc1NC(=O)CN1CCN(Cc2ccccc2Cl)CC1. The first-order valence-electron chi connectivity index (χ1n) is 8.70. The maximum absolute atomic E-state index is 12.3. The highest BCUT2D eigenvalue weighted by Crippen LogP contribution is 2.24. The number of ether oxygens (including phenoxy) is 1. The molecule has 0 radical (unpaired) electrons. The standard InChI is InChI=1S/C19H22ClN3O3S/c1-26-19(25)15-6-11-27-18(15)21-17(24)13-23-9-7-22(8-10-23)12-14-4-2-3-5-16(14)20/h2-6,11H,7-10,12-13H2,1H3,(H,21,24). The summed E-state index contributed by atoms with van der Waals surface area (Å²) in [6.07, 6.45) is 0. The van der Waals surface area contributed by atoms with Gasteiger partial charge in [-0.05, 0) is 23.1 Å². The first-order chi connectivity index (χ1) is 13.1. The van der Waals surface area contributed by atoms with Crippen LogP contribution in [0.4, 0.5) is 5.00 Å². The molecule has 0 saturated carbocycles. The number of hydrogen-bond acceptors (Lipinski definition) is 6. The minimum Gasteiger partial charge on any atom is -0.465 e.